The molecule has 0 aromatic heterocycles. The van der Waals surface area contributed by atoms with Gasteiger partial charge in [-0.15, -0.1) is 0 Å². The van der Waals surface area contributed by atoms with Crippen LogP contribution in [0.25, 0.3) is 0 Å². The maximum Gasteiger partial charge on any atom is 0.188 e. The molecule has 0 amide bonds. The number of guanidine groups is 1. The summed E-state index contributed by atoms with van der Waals surface area (Å²) >= 11 is 0. The van der Waals surface area contributed by atoms with Crippen LogP contribution in [0.5, 0.6) is 11.5 Å². The highest BCUT2D eigenvalue weighted by Crippen LogP contribution is 2.36. The van der Waals surface area contributed by atoms with E-state index in [0.717, 1.165) is 49.4 Å². The van der Waals surface area contributed by atoms with Gasteiger partial charge in [-0.3, -0.25) is 4.99 Å². The molecular weight excluding hydrogens is 338 g/mol. The zero-order valence-electron chi connectivity index (χ0n) is 16.4. The summed E-state index contributed by atoms with van der Waals surface area (Å²) < 4.78 is 10.6. The highest BCUT2D eigenvalue weighted by atomic mass is 16.5. The smallest absolute Gasteiger partial charge is 0.188 e. The second-order valence-corrected chi connectivity index (χ2v) is 7.50. The lowest BCUT2D eigenvalue weighted by Crippen LogP contribution is -2.35. The summed E-state index contributed by atoms with van der Waals surface area (Å²) in [6, 6.07) is 14.6. The van der Waals surface area contributed by atoms with E-state index in [9.17, 15) is 0 Å². The predicted octanol–water partition coefficient (Wildman–Crippen LogP) is 2.96. The second kappa shape index (κ2) is 8.33. The SMILES string of the molecule is COc1ccc(CCNC(N)=NCC2(C)Cc3ccccc3C2)cc1OC. The predicted molar refractivity (Wildman–Crippen MR) is 110 cm³/mol. The molecule has 3 N–H and O–H groups in total. The van der Waals surface area contributed by atoms with E-state index in [1.807, 2.05) is 18.2 Å². The monoisotopic (exact) mass is 367 g/mol. The fourth-order valence-corrected chi connectivity index (χ4v) is 3.70. The molecule has 5 nitrogen and oxygen atoms in total. The van der Waals surface area contributed by atoms with Crippen molar-refractivity contribution >= 4 is 5.96 Å². The first-order valence-electron chi connectivity index (χ1n) is 9.34. The van der Waals surface area contributed by atoms with Crippen molar-refractivity contribution in [1.29, 1.82) is 0 Å². The number of nitrogens with zero attached hydrogens (tertiary/aromatic N) is 1. The average Bonchev–Trinajstić information content (AvgIpc) is 3.02. The van der Waals surface area contributed by atoms with Crippen molar-refractivity contribution in [3.63, 3.8) is 0 Å². The summed E-state index contributed by atoms with van der Waals surface area (Å²) in [7, 11) is 3.28. The molecular formula is C22H29N3O2. The Bertz CT molecular complexity index is 792. The fourth-order valence-electron chi connectivity index (χ4n) is 3.70. The quantitative estimate of drug-likeness (QED) is 0.583. The van der Waals surface area contributed by atoms with Crippen LogP contribution in [0.2, 0.25) is 0 Å². The number of nitrogens with one attached hydrogen (secondary N) is 1. The largest absolute Gasteiger partial charge is 0.493 e. The number of hydrogen-bond donors (Lipinski definition) is 2. The van der Waals surface area contributed by atoms with E-state index in [-0.39, 0.29) is 5.41 Å². The van der Waals surface area contributed by atoms with Crippen LogP contribution < -0.4 is 20.5 Å². The first-order valence-corrected chi connectivity index (χ1v) is 9.34. The average molecular weight is 367 g/mol. The maximum absolute atomic E-state index is 6.08. The van der Waals surface area contributed by atoms with Gasteiger partial charge in [0.1, 0.15) is 0 Å². The molecule has 0 heterocycles. The number of fused-ring (bicyclic) bond motifs is 1. The Labute approximate surface area is 161 Å². The summed E-state index contributed by atoms with van der Waals surface area (Å²) in [5.74, 6) is 1.99. The first-order chi connectivity index (χ1) is 13.0. The van der Waals surface area contributed by atoms with Crippen LogP contribution in [0.15, 0.2) is 47.5 Å². The molecule has 0 aliphatic heterocycles. The second-order valence-electron chi connectivity index (χ2n) is 7.50. The standard InChI is InChI=1S/C22H29N3O2/c1-22(13-17-6-4-5-7-18(17)14-22)15-25-21(23)24-11-10-16-8-9-19(26-2)20(12-16)27-3/h4-9,12H,10-11,13-15H2,1-3H3,(H3,23,24,25). The Morgan fingerprint density at radius 2 is 1.74 bits per heavy atom. The third-order valence-corrected chi connectivity index (χ3v) is 5.15. The van der Waals surface area contributed by atoms with Gasteiger partial charge in [0.05, 0.1) is 14.2 Å². The Balaban J connectivity index is 1.49. The van der Waals surface area contributed by atoms with Gasteiger partial charge < -0.3 is 20.5 Å². The van der Waals surface area contributed by atoms with E-state index in [0.29, 0.717) is 5.96 Å². The molecule has 0 bridgehead atoms. The lowest BCUT2D eigenvalue weighted by molar-refractivity contribution is 0.354. The summed E-state index contributed by atoms with van der Waals surface area (Å²) in [4.78, 5) is 4.59. The summed E-state index contributed by atoms with van der Waals surface area (Å²) in [6.45, 7) is 3.74. The van der Waals surface area contributed by atoms with Gasteiger partial charge in [-0.1, -0.05) is 37.3 Å². The molecule has 0 spiro atoms. The first kappa shape index (κ1) is 19.1. The minimum Gasteiger partial charge on any atom is -0.493 e. The van der Waals surface area contributed by atoms with Gasteiger partial charge in [-0.25, -0.2) is 0 Å². The van der Waals surface area contributed by atoms with Gasteiger partial charge in [0.15, 0.2) is 17.5 Å². The molecule has 0 saturated carbocycles. The van der Waals surface area contributed by atoms with E-state index in [2.05, 4.69) is 41.5 Å². The van der Waals surface area contributed by atoms with Gasteiger partial charge in [-0.2, -0.15) is 0 Å². The zero-order chi connectivity index (χ0) is 19.3. The van der Waals surface area contributed by atoms with Crippen molar-refractivity contribution in [1.82, 2.24) is 5.32 Å². The molecule has 0 atom stereocenters. The van der Waals surface area contributed by atoms with Crippen LogP contribution in [-0.4, -0.2) is 33.3 Å². The number of rotatable bonds is 7. The molecule has 2 aromatic carbocycles. The number of nitrogens with two attached hydrogens (primary N) is 1. The van der Waals surface area contributed by atoms with Crippen molar-refractivity contribution in [3.05, 3.63) is 59.2 Å². The number of methoxy groups -OCH3 is 2. The Morgan fingerprint density at radius 1 is 1.07 bits per heavy atom. The van der Waals surface area contributed by atoms with Crippen LogP contribution >= 0.6 is 0 Å². The molecule has 1 aliphatic rings. The number of aliphatic imine (C=N–C) groups is 1. The maximum atomic E-state index is 6.08. The van der Waals surface area contributed by atoms with Crippen LogP contribution in [0.1, 0.15) is 23.6 Å². The Kier molecular flexibility index (Phi) is 5.89. The van der Waals surface area contributed by atoms with E-state index in [4.69, 9.17) is 15.2 Å². The van der Waals surface area contributed by atoms with Gasteiger partial charge in [0.2, 0.25) is 0 Å². The number of hydrogen-bond acceptors (Lipinski definition) is 3. The van der Waals surface area contributed by atoms with Crippen molar-refractivity contribution in [2.24, 2.45) is 16.1 Å². The molecule has 3 rings (SSSR count). The van der Waals surface area contributed by atoms with Crippen molar-refractivity contribution < 1.29 is 9.47 Å². The molecule has 0 radical (unpaired) electrons. The highest BCUT2D eigenvalue weighted by molar-refractivity contribution is 5.77. The molecule has 0 saturated heterocycles. The van der Waals surface area contributed by atoms with Gasteiger partial charge >= 0.3 is 0 Å². The Hall–Kier alpha value is -2.69. The zero-order valence-corrected chi connectivity index (χ0v) is 16.4. The lowest BCUT2D eigenvalue weighted by atomic mass is 9.87. The molecule has 0 fully saturated rings. The van der Waals surface area contributed by atoms with Crippen molar-refractivity contribution in [2.75, 3.05) is 27.3 Å². The lowest BCUT2D eigenvalue weighted by Gasteiger charge is -2.21. The minimum absolute atomic E-state index is 0.152. The summed E-state index contributed by atoms with van der Waals surface area (Å²) in [5, 5.41) is 3.22. The fraction of sp³-hybridized carbons (Fsp3) is 0.409. The van der Waals surface area contributed by atoms with E-state index in [1.54, 1.807) is 14.2 Å². The summed E-state index contributed by atoms with van der Waals surface area (Å²) in [5.41, 5.74) is 10.3. The Morgan fingerprint density at radius 3 is 2.37 bits per heavy atom. The molecule has 0 unspecified atom stereocenters. The summed E-state index contributed by atoms with van der Waals surface area (Å²) in [6.07, 6.45) is 2.95. The van der Waals surface area contributed by atoms with Crippen molar-refractivity contribution in [3.8, 4) is 11.5 Å². The topological polar surface area (TPSA) is 68.9 Å². The third-order valence-electron chi connectivity index (χ3n) is 5.15. The molecule has 1 aliphatic carbocycles. The van der Waals surface area contributed by atoms with Gasteiger partial charge in [0.25, 0.3) is 0 Å². The normalized spacial score (nSPS) is 15.3. The van der Waals surface area contributed by atoms with Gasteiger partial charge in [-0.05, 0) is 53.5 Å². The van der Waals surface area contributed by atoms with Gasteiger partial charge in [0, 0.05) is 13.1 Å². The van der Waals surface area contributed by atoms with E-state index < -0.39 is 0 Å². The van der Waals surface area contributed by atoms with E-state index in [1.165, 1.54) is 11.1 Å². The van der Waals surface area contributed by atoms with Crippen molar-refractivity contribution in [2.45, 2.75) is 26.2 Å². The van der Waals surface area contributed by atoms with Crippen LogP contribution in [0.3, 0.4) is 0 Å². The number of benzene rings is 2. The highest BCUT2D eigenvalue weighted by Gasteiger charge is 2.32. The molecule has 144 valence electrons. The molecule has 27 heavy (non-hydrogen) atoms. The van der Waals surface area contributed by atoms with Crippen LogP contribution in [0, 0.1) is 5.41 Å². The van der Waals surface area contributed by atoms with Crippen LogP contribution in [-0.2, 0) is 19.3 Å². The van der Waals surface area contributed by atoms with E-state index >= 15 is 0 Å². The molecule has 5 heteroatoms. The van der Waals surface area contributed by atoms with Crippen LogP contribution in [0.4, 0.5) is 0 Å². The number of ether oxygens (including phenoxy) is 2. The molecule has 2 aromatic rings. The third kappa shape index (κ3) is 4.73. The minimum atomic E-state index is 0.152.